The summed E-state index contributed by atoms with van der Waals surface area (Å²) in [4.78, 5) is 11.1. The third-order valence-electron chi connectivity index (χ3n) is 5.25. The number of nitrogens with one attached hydrogen (secondary N) is 2. The van der Waals surface area contributed by atoms with Crippen LogP contribution in [-0.4, -0.2) is 45.3 Å². The molecule has 1 saturated heterocycles. The minimum absolute atomic E-state index is 0. The van der Waals surface area contributed by atoms with Crippen molar-refractivity contribution in [2.75, 3.05) is 13.6 Å². The maximum atomic E-state index is 4.27. The first-order valence-corrected chi connectivity index (χ1v) is 9.75. The van der Waals surface area contributed by atoms with Gasteiger partial charge in [0.15, 0.2) is 5.96 Å². The van der Waals surface area contributed by atoms with Crippen molar-refractivity contribution < 1.29 is 0 Å². The molecule has 1 unspecified atom stereocenters. The van der Waals surface area contributed by atoms with E-state index >= 15 is 0 Å². The summed E-state index contributed by atoms with van der Waals surface area (Å²) in [5.74, 6) is 1.62. The second kappa shape index (κ2) is 11.4. The van der Waals surface area contributed by atoms with Gasteiger partial charge < -0.3 is 10.6 Å². The maximum absolute atomic E-state index is 4.27. The zero-order valence-corrected chi connectivity index (χ0v) is 19.4. The van der Waals surface area contributed by atoms with Crippen LogP contribution in [0.25, 0.3) is 0 Å². The van der Waals surface area contributed by atoms with Crippen LogP contribution in [0.2, 0.25) is 0 Å². The number of benzene rings is 1. The molecule has 0 saturated carbocycles. The summed E-state index contributed by atoms with van der Waals surface area (Å²) in [5.41, 5.74) is 2.63. The number of rotatable bonds is 6. The lowest BCUT2D eigenvalue weighted by Crippen LogP contribution is -2.37. The fourth-order valence-corrected chi connectivity index (χ4v) is 3.44. The first-order chi connectivity index (χ1) is 13.2. The molecule has 2 aromatic rings. The number of hydrogen-bond acceptors (Lipinski definition) is 4. The molecule has 0 amide bonds. The second-order valence-electron chi connectivity index (χ2n) is 7.21. The highest BCUT2D eigenvalue weighted by Gasteiger charge is 2.17. The first-order valence-electron chi connectivity index (χ1n) is 9.75. The molecule has 1 aromatic carbocycles. The summed E-state index contributed by atoms with van der Waals surface area (Å²) in [7, 11) is 3.65. The Morgan fingerprint density at radius 1 is 1.14 bits per heavy atom. The quantitative estimate of drug-likeness (QED) is 0.365. The average Bonchev–Trinajstić information content (AvgIpc) is 3.10. The van der Waals surface area contributed by atoms with Crippen molar-refractivity contribution in [3.63, 3.8) is 0 Å². The fourth-order valence-electron chi connectivity index (χ4n) is 3.44. The molecule has 28 heavy (non-hydrogen) atoms. The van der Waals surface area contributed by atoms with Gasteiger partial charge in [-0.25, -0.2) is 4.98 Å². The monoisotopic (exact) mass is 497 g/mol. The van der Waals surface area contributed by atoms with Crippen LogP contribution in [0, 0.1) is 0 Å². The van der Waals surface area contributed by atoms with Crippen LogP contribution >= 0.6 is 24.0 Å². The highest BCUT2D eigenvalue weighted by Crippen LogP contribution is 2.19. The number of aryl methyl sites for hydroxylation is 1. The van der Waals surface area contributed by atoms with Crippen LogP contribution < -0.4 is 10.6 Å². The maximum Gasteiger partial charge on any atom is 0.191 e. The molecular formula is C20H32IN7. The predicted molar refractivity (Wildman–Crippen MR) is 124 cm³/mol. The number of aromatic nitrogens is 3. The Bertz CT molecular complexity index is 741. The lowest BCUT2D eigenvalue weighted by molar-refractivity contribution is 0.152. The molecule has 8 heteroatoms. The minimum Gasteiger partial charge on any atom is -0.352 e. The minimum atomic E-state index is 0. The van der Waals surface area contributed by atoms with E-state index in [0.717, 1.165) is 24.9 Å². The van der Waals surface area contributed by atoms with E-state index in [4.69, 9.17) is 0 Å². The highest BCUT2D eigenvalue weighted by atomic mass is 127. The molecule has 0 radical (unpaired) electrons. The molecule has 7 nitrogen and oxygen atoms in total. The standard InChI is InChI=1S/C20H31N7.HI/c1-16-6-4-5-11-27(16)14-18-9-7-17(8-10-18)12-22-20(21-2)23-13-19-24-15-25-26(19)3;/h7-10,15-16H,4-6,11-14H2,1-3H3,(H2,21,22,23);1H. The van der Waals surface area contributed by atoms with E-state index < -0.39 is 0 Å². The summed E-state index contributed by atoms with van der Waals surface area (Å²) in [6.45, 7) is 5.94. The summed E-state index contributed by atoms with van der Waals surface area (Å²) in [5, 5.41) is 10.7. The molecule has 1 fully saturated rings. The van der Waals surface area contributed by atoms with Crippen molar-refractivity contribution in [2.45, 2.75) is 51.9 Å². The smallest absolute Gasteiger partial charge is 0.191 e. The Balaban J connectivity index is 0.00000280. The zero-order valence-electron chi connectivity index (χ0n) is 17.1. The first kappa shape index (κ1) is 22.6. The van der Waals surface area contributed by atoms with Crippen molar-refractivity contribution in [3.8, 4) is 0 Å². The number of piperidine rings is 1. The van der Waals surface area contributed by atoms with Gasteiger partial charge in [0.05, 0.1) is 6.54 Å². The molecule has 1 atom stereocenters. The molecule has 3 rings (SSSR count). The Morgan fingerprint density at radius 3 is 2.50 bits per heavy atom. The van der Waals surface area contributed by atoms with Gasteiger partial charge in [0, 0.05) is 33.2 Å². The number of halogens is 1. The molecule has 2 N–H and O–H groups in total. The van der Waals surface area contributed by atoms with Crippen LogP contribution in [0.3, 0.4) is 0 Å². The van der Waals surface area contributed by atoms with E-state index in [1.54, 1.807) is 18.1 Å². The molecule has 0 aliphatic carbocycles. The summed E-state index contributed by atoms with van der Waals surface area (Å²) < 4.78 is 1.75. The number of nitrogens with zero attached hydrogens (tertiary/aromatic N) is 5. The third-order valence-corrected chi connectivity index (χ3v) is 5.25. The second-order valence-corrected chi connectivity index (χ2v) is 7.21. The Kier molecular flexibility index (Phi) is 9.17. The van der Waals surface area contributed by atoms with Crippen molar-refractivity contribution >= 4 is 29.9 Å². The zero-order chi connectivity index (χ0) is 19.1. The highest BCUT2D eigenvalue weighted by molar-refractivity contribution is 14.0. The summed E-state index contributed by atoms with van der Waals surface area (Å²) in [6.07, 6.45) is 5.57. The van der Waals surface area contributed by atoms with Crippen LogP contribution in [0.15, 0.2) is 35.6 Å². The van der Waals surface area contributed by atoms with Gasteiger partial charge >= 0.3 is 0 Å². The molecule has 1 aliphatic rings. The van der Waals surface area contributed by atoms with Gasteiger partial charge in [-0.05, 0) is 37.4 Å². The number of hydrogen-bond donors (Lipinski definition) is 2. The van der Waals surface area contributed by atoms with E-state index in [1.807, 2.05) is 7.05 Å². The molecule has 1 aromatic heterocycles. The summed E-state index contributed by atoms with van der Waals surface area (Å²) in [6, 6.07) is 9.59. The van der Waals surface area contributed by atoms with E-state index in [1.165, 1.54) is 36.9 Å². The molecule has 0 spiro atoms. The van der Waals surface area contributed by atoms with E-state index in [0.29, 0.717) is 12.6 Å². The summed E-state index contributed by atoms with van der Waals surface area (Å²) >= 11 is 0. The van der Waals surface area contributed by atoms with E-state index in [9.17, 15) is 0 Å². The van der Waals surface area contributed by atoms with Gasteiger partial charge in [-0.3, -0.25) is 14.6 Å². The van der Waals surface area contributed by atoms with E-state index in [-0.39, 0.29) is 24.0 Å². The van der Waals surface area contributed by atoms with Crippen LogP contribution in [0.1, 0.15) is 43.1 Å². The van der Waals surface area contributed by atoms with Crippen LogP contribution in [-0.2, 0) is 26.7 Å². The van der Waals surface area contributed by atoms with Crippen molar-refractivity contribution in [1.82, 2.24) is 30.3 Å². The molecule has 154 valence electrons. The van der Waals surface area contributed by atoms with Crippen molar-refractivity contribution in [1.29, 1.82) is 0 Å². The topological polar surface area (TPSA) is 70.4 Å². The molecule has 1 aliphatic heterocycles. The molecule has 2 heterocycles. The number of likely N-dealkylation sites (tertiary alicyclic amines) is 1. The predicted octanol–water partition coefficient (Wildman–Crippen LogP) is 2.67. The lowest BCUT2D eigenvalue weighted by Gasteiger charge is -2.33. The van der Waals surface area contributed by atoms with Crippen LogP contribution in [0.5, 0.6) is 0 Å². The molecule has 0 bridgehead atoms. The largest absolute Gasteiger partial charge is 0.352 e. The van der Waals surface area contributed by atoms with E-state index in [2.05, 4.69) is 61.8 Å². The van der Waals surface area contributed by atoms with Gasteiger partial charge in [-0.1, -0.05) is 30.7 Å². The Labute approximate surface area is 185 Å². The van der Waals surface area contributed by atoms with Gasteiger partial charge in [0.2, 0.25) is 0 Å². The third kappa shape index (κ3) is 6.44. The van der Waals surface area contributed by atoms with Gasteiger partial charge in [0.25, 0.3) is 0 Å². The Morgan fingerprint density at radius 2 is 1.86 bits per heavy atom. The van der Waals surface area contributed by atoms with Crippen LogP contribution in [0.4, 0.5) is 0 Å². The Hall–Kier alpha value is -1.68. The van der Waals surface area contributed by atoms with Crippen molar-refractivity contribution in [3.05, 3.63) is 47.5 Å². The fraction of sp³-hybridized carbons (Fsp3) is 0.550. The van der Waals surface area contributed by atoms with Gasteiger partial charge in [0.1, 0.15) is 12.2 Å². The van der Waals surface area contributed by atoms with Crippen molar-refractivity contribution in [2.24, 2.45) is 12.0 Å². The number of guanidine groups is 1. The van der Waals surface area contributed by atoms with Gasteiger partial charge in [-0.15, -0.1) is 24.0 Å². The average molecular weight is 497 g/mol. The number of aliphatic imine (C=N–C) groups is 1. The SMILES string of the molecule is CN=C(NCc1ccc(CN2CCCCC2C)cc1)NCc1ncnn1C.I. The normalized spacial score (nSPS) is 17.8. The lowest BCUT2D eigenvalue weighted by atomic mass is 10.0. The molecular weight excluding hydrogens is 465 g/mol. The van der Waals surface area contributed by atoms with Gasteiger partial charge in [-0.2, -0.15) is 5.10 Å².